The van der Waals surface area contributed by atoms with Gasteiger partial charge in [0.1, 0.15) is 11.5 Å². The predicted octanol–water partition coefficient (Wildman–Crippen LogP) is 2.81. The van der Waals surface area contributed by atoms with Crippen LogP contribution < -0.4 is 5.63 Å². The summed E-state index contributed by atoms with van der Waals surface area (Å²) in [7, 11) is 0. The maximum absolute atomic E-state index is 11.1. The van der Waals surface area contributed by atoms with Gasteiger partial charge in [-0.25, -0.2) is 4.79 Å². The predicted molar refractivity (Wildman–Crippen MR) is 65.3 cm³/mol. The zero-order chi connectivity index (χ0) is 12.4. The fourth-order valence-electron chi connectivity index (χ4n) is 2.04. The van der Waals surface area contributed by atoms with Gasteiger partial charge >= 0.3 is 5.63 Å². The van der Waals surface area contributed by atoms with E-state index in [1.54, 1.807) is 6.92 Å². The highest BCUT2D eigenvalue weighted by molar-refractivity contribution is 5.41. The normalized spacial score (nSPS) is 12.4. The summed E-state index contributed by atoms with van der Waals surface area (Å²) in [5.41, 5.74) is 1.21. The van der Waals surface area contributed by atoms with Crippen molar-refractivity contribution in [3.63, 3.8) is 0 Å². The van der Waals surface area contributed by atoms with Crippen LogP contribution in [0, 0.1) is 6.92 Å². The number of hydrogen-bond donors (Lipinski definition) is 1. The first-order valence-corrected chi connectivity index (χ1v) is 5.48. The van der Waals surface area contributed by atoms with Crippen LogP contribution in [0.1, 0.15) is 29.7 Å². The third-order valence-electron chi connectivity index (χ3n) is 2.90. The number of aryl methyl sites for hydroxylation is 1. The lowest BCUT2D eigenvalue weighted by Gasteiger charge is -2.15. The van der Waals surface area contributed by atoms with Crippen molar-refractivity contribution in [1.29, 1.82) is 0 Å². The van der Waals surface area contributed by atoms with Crippen molar-refractivity contribution in [3.05, 3.63) is 63.7 Å². The minimum absolute atomic E-state index is 0.00453. The Morgan fingerprint density at radius 2 is 1.88 bits per heavy atom. The molecule has 0 amide bonds. The topological polar surface area (TPSA) is 50.4 Å². The van der Waals surface area contributed by atoms with Gasteiger partial charge in [-0.2, -0.15) is 0 Å². The lowest BCUT2D eigenvalue weighted by molar-refractivity contribution is 0.420. The van der Waals surface area contributed by atoms with Crippen molar-refractivity contribution < 1.29 is 9.52 Å². The molecule has 1 aromatic heterocycles. The van der Waals surface area contributed by atoms with Crippen LogP contribution in [0.2, 0.25) is 0 Å². The van der Waals surface area contributed by atoms with Crippen LogP contribution in [-0.4, -0.2) is 5.11 Å². The molecule has 0 spiro atoms. The summed E-state index contributed by atoms with van der Waals surface area (Å²) in [5.74, 6) is 0.446. The summed E-state index contributed by atoms with van der Waals surface area (Å²) in [4.78, 5) is 11.1. The van der Waals surface area contributed by atoms with Gasteiger partial charge < -0.3 is 9.52 Å². The first kappa shape index (κ1) is 11.5. The average molecular weight is 230 g/mol. The lowest BCUT2D eigenvalue weighted by Crippen LogP contribution is -2.05. The van der Waals surface area contributed by atoms with Gasteiger partial charge in [-0.3, -0.25) is 0 Å². The van der Waals surface area contributed by atoms with Crippen molar-refractivity contribution in [1.82, 2.24) is 0 Å². The van der Waals surface area contributed by atoms with E-state index < -0.39 is 5.63 Å². The summed E-state index contributed by atoms with van der Waals surface area (Å²) in [5, 5.41) is 9.84. The Bertz CT molecular complexity index is 544. The molecule has 0 bridgehead atoms. The molecule has 0 aliphatic carbocycles. The largest absolute Gasteiger partial charge is 0.507 e. The number of rotatable bonds is 2. The molecular formula is C14H14O3. The minimum atomic E-state index is -0.524. The molecule has 1 atom stereocenters. The summed E-state index contributed by atoms with van der Waals surface area (Å²) in [6.07, 6.45) is 0. The van der Waals surface area contributed by atoms with Gasteiger partial charge in [0.2, 0.25) is 0 Å². The maximum atomic E-state index is 11.1. The van der Waals surface area contributed by atoms with E-state index in [1.165, 1.54) is 0 Å². The Kier molecular flexibility index (Phi) is 3.00. The Morgan fingerprint density at radius 1 is 1.24 bits per heavy atom. The average Bonchev–Trinajstić information content (AvgIpc) is 2.28. The molecule has 0 saturated carbocycles. The Hall–Kier alpha value is -2.03. The van der Waals surface area contributed by atoms with E-state index in [-0.39, 0.29) is 11.7 Å². The molecule has 2 aromatic rings. The molecule has 88 valence electrons. The first-order valence-electron chi connectivity index (χ1n) is 5.48. The molecule has 1 heterocycles. The van der Waals surface area contributed by atoms with Crippen LogP contribution in [0.25, 0.3) is 0 Å². The molecule has 3 nitrogen and oxygen atoms in total. The summed E-state index contributed by atoms with van der Waals surface area (Å²) in [6.45, 7) is 3.66. The monoisotopic (exact) mass is 230 g/mol. The molecular weight excluding hydrogens is 216 g/mol. The second-order valence-electron chi connectivity index (χ2n) is 4.05. The van der Waals surface area contributed by atoms with Gasteiger partial charge in [-0.05, 0) is 12.5 Å². The molecule has 0 saturated heterocycles. The van der Waals surface area contributed by atoms with E-state index in [0.717, 1.165) is 11.6 Å². The van der Waals surface area contributed by atoms with Crippen molar-refractivity contribution in [3.8, 4) is 5.75 Å². The highest BCUT2D eigenvalue weighted by atomic mass is 16.4. The summed E-state index contributed by atoms with van der Waals surface area (Å²) in [6, 6.07) is 10.9. The van der Waals surface area contributed by atoms with Gasteiger partial charge in [0, 0.05) is 11.5 Å². The standard InChI is InChI=1S/C14H14O3/c1-9(11-6-4-3-5-7-11)14-10(2)17-13(16)8-12(14)15/h3-9,15H,1-2H3. The fourth-order valence-corrected chi connectivity index (χ4v) is 2.04. The van der Waals surface area contributed by atoms with Crippen LogP contribution >= 0.6 is 0 Å². The van der Waals surface area contributed by atoms with Crippen LogP contribution in [0.4, 0.5) is 0 Å². The van der Waals surface area contributed by atoms with Crippen LogP contribution in [0.15, 0.2) is 45.6 Å². The minimum Gasteiger partial charge on any atom is -0.507 e. The third kappa shape index (κ3) is 2.23. The molecule has 1 unspecified atom stereocenters. The van der Waals surface area contributed by atoms with E-state index in [9.17, 15) is 9.90 Å². The number of aromatic hydroxyl groups is 1. The zero-order valence-corrected chi connectivity index (χ0v) is 9.81. The molecule has 1 aromatic carbocycles. The Balaban J connectivity index is 2.52. The molecule has 0 aliphatic rings. The third-order valence-corrected chi connectivity index (χ3v) is 2.90. The first-order chi connectivity index (χ1) is 8.09. The highest BCUT2D eigenvalue weighted by Crippen LogP contribution is 2.32. The second kappa shape index (κ2) is 4.45. The molecule has 0 fully saturated rings. The fraction of sp³-hybridized carbons (Fsp3) is 0.214. The van der Waals surface area contributed by atoms with E-state index in [1.807, 2.05) is 37.3 Å². The zero-order valence-electron chi connectivity index (χ0n) is 9.81. The molecule has 0 radical (unpaired) electrons. The van der Waals surface area contributed by atoms with E-state index in [4.69, 9.17) is 4.42 Å². The number of hydrogen-bond acceptors (Lipinski definition) is 3. The SMILES string of the molecule is Cc1oc(=O)cc(O)c1C(C)c1ccccc1. The van der Waals surface area contributed by atoms with Crippen molar-refractivity contribution in [2.45, 2.75) is 19.8 Å². The van der Waals surface area contributed by atoms with Crippen LogP contribution in [0.5, 0.6) is 5.75 Å². The van der Waals surface area contributed by atoms with E-state index in [2.05, 4.69) is 0 Å². The Labute approximate surface area is 99.3 Å². The summed E-state index contributed by atoms with van der Waals surface area (Å²) < 4.78 is 5.02. The molecule has 17 heavy (non-hydrogen) atoms. The van der Waals surface area contributed by atoms with Gasteiger partial charge in [0.25, 0.3) is 0 Å². The van der Waals surface area contributed by atoms with Gasteiger partial charge in [-0.15, -0.1) is 0 Å². The van der Waals surface area contributed by atoms with E-state index in [0.29, 0.717) is 11.3 Å². The molecule has 2 rings (SSSR count). The lowest BCUT2D eigenvalue weighted by atomic mass is 9.92. The Morgan fingerprint density at radius 3 is 2.47 bits per heavy atom. The molecule has 1 N–H and O–H groups in total. The molecule has 3 heteroatoms. The second-order valence-corrected chi connectivity index (χ2v) is 4.05. The maximum Gasteiger partial charge on any atom is 0.339 e. The van der Waals surface area contributed by atoms with E-state index >= 15 is 0 Å². The van der Waals surface area contributed by atoms with Gasteiger partial charge in [-0.1, -0.05) is 37.3 Å². The van der Waals surface area contributed by atoms with Crippen molar-refractivity contribution in [2.75, 3.05) is 0 Å². The smallest absolute Gasteiger partial charge is 0.339 e. The van der Waals surface area contributed by atoms with Crippen molar-refractivity contribution >= 4 is 0 Å². The van der Waals surface area contributed by atoms with Gasteiger partial charge in [0.15, 0.2) is 0 Å². The van der Waals surface area contributed by atoms with Crippen LogP contribution in [0.3, 0.4) is 0 Å². The molecule has 0 aliphatic heterocycles. The summed E-state index contributed by atoms with van der Waals surface area (Å²) >= 11 is 0. The van der Waals surface area contributed by atoms with Crippen LogP contribution in [-0.2, 0) is 0 Å². The number of benzene rings is 1. The van der Waals surface area contributed by atoms with Crippen molar-refractivity contribution in [2.24, 2.45) is 0 Å². The van der Waals surface area contributed by atoms with Gasteiger partial charge in [0.05, 0.1) is 6.07 Å². The highest BCUT2D eigenvalue weighted by Gasteiger charge is 2.17. The quantitative estimate of drug-likeness (QED) is 0.863.